The van der Waals surface area contributed by atoms with Crippen LogP contribution in [-0.4, -0.2) is 26.4 Å². The van der Waals surface area contributed by atoms with Crippen LogP contribution in [0.5, 0.6) is 0 Å². The first-order valence-corrected chi connectivity index (χ1v) is 10.5. The second-order valence-corrected chi connectivity index (χ2v) is 8.32. The number of aryl methyl sites for hydroxylation is 1. The lowest BCUT2D eigenvalue weighted by Crippen LogP contribution is -2.52. The second kappa shape index (κ2) is 9.91. The number of benzene rings is 2. The zero-order valence-corrected chi connectivity index (χ0v) is 18.0. The number of carbonyl (C=O) groups is 1. The van der Waals surface area contributed by atoms with Gasteiger partial charge in [-0.25, -0.2) is 8.42 Å². The molecule has 0 atom stereocenters. The fourth-order valence-corrected chi connectivity index (χ4v) is 3.76. The minimum absolute atomic E-state index is 0. The van der Waals surface area contributed by atoms with Gasteiger partial charge in [-0.1, -0.05) is 31.5 Å². The van der Waals surface area contributed by atoms with Crippen molar-refractivity contribution < 1.29 is 13.2 Å². The van der Waals surface area contributed by atoms with Gasteiger partial charge in [0.1, 0.15) is 0 Å². The zero-order valence-electron chi connectivity index (χ0n) is 16.4. The predicted octanol–water partition coefficient (Wildman–Crippen LogP) is 3.46. The van der Waals surface area contributed by atoms with E-state index in [9.17, 15) is 13.2 Å². The van der Waals surface area contributed by atoms with Crippen LogP contribution in [0, 0.1) is 6.92 Å². The van der Waals surface area contributed by atoms with E-state index in [4.69, 9.17) is 5.73 Å². The Labute approximate surface area is 173 Å². The van der Waals surface area contributed by atoms with Crippen LogP contribution in [0.4, 0.5) is 5.69 Å². The van der Waals surface area contributed by atoms with E-state index in [1.165, 1.54) is 24.3 Å². The maximum atomic E-state index is 12.5. The third-order valence-electron chi connectivity index (χ3n) is 4.85. The monoisotopic (exact) mass is 425 g/mol. The van der Waals surface area contributed by atoms with Crippen LogP contribution in [0.25, 0.3) is 0 Å². The van der Waals surface area contributed by atoms with Gasteiger partial charge in [-0.05, 0) is 56.2 Å². The maximum absolute atomic E-state index is 12.5. The molecule has 0 bridgehead atoms. The Morgan fingerprint density at radius 2 is 1.54 bits per heavy atom. The first-order chi connectivity index (χ1) is 12.7. The molecule has 0 saturated carbocycles. The minimum atomic E-state index is -3.72. The largest absolute Gasteiger partial charge is 0.345 e. The number of amides is 1. The van der Waals surface area contributed by atoms with Gasteiger partial charge in [-0.2, -0.15) is 0 Å². The number of hydrogen-bond donors (Lipinski definition) is 3. The van der Waals surface area contributed by atoms with Gasteiger partial charge in [0.25, 0.3) is 15.9 Å². The first kappa shape index (κ1) is 23.9. The lowest BCUT2D eigenvalue weighted by atomic mass is 9.92. The Morgan fingerprint density at radius 1 is 1.00 bits per heavy atom. The Balaban J connectivity index is 0.00000392. The van der Waals surface area contributed by atoms with Gasteiger partial charge < -0.3 is 11.1 Å². The van der Waals surface area contributed by atoms with E-state index in [0.29, 0.717) is 17.8 Å². The summed E-state index contributed by atoms with van der Waals surface area (Å²) in [4.78, 5) is 12.6. The van der Waals surface area contributed by atoms with E-state index in [1.807, 2.05) is 32.9 Å². The van der Waals surface area contributed by atoms with Crippen molar-refractivity contribution in [3.63, 3.8) is 0 Å². The SMILES string of the molecule is CCC(CC)(CN)NC(=O)c1ccc(S(=O)(=O)Nc2ccc(C)cc2)cc1.Cl. The van der Waals surface area contributed by atoms with Crippen molar-refractivity contribution in [1.82, 2.24) is 5.32 Å². The summed E-state index contributed by atoms with van der Waals surface area (Å²) in [6, 6.07) is 12.9. The van der Waals surface area contributed by atoms with Gasteiger partial charge in [-0.15, -0.1) is 12.4 Å². The second-order valence-electron chi connectivity index (χ2n) is 6.64. The molecule has 0 radical (unpaired) electrons. The lowest BCUT2D eigenvalue weighted by Gasteiger charge is -2.31. The summed E-state index contributed by atoms with van der Waals surface area (Å²) in [6.45, 7) is 6.23. The average Bonchev–Trinajstić information content (AvgIpc) is 2.68. The van der Waals surface area contributed by atoms with Crippen LogP contribution >= 0.6 is 12.4 Å². The van der Waals surface area contributed by atoms with Gasteiger partial charge in [0, 0.05) is 17.8 Å². The van der Waals surface area contributed by atoms with Crippen LogP contribution in [0.2, 0.25) is 0 Å². The highest BCUT2D eigenvalue weighted by Crippen LogP contribution is 2.18. The van der Waals surface area contributed by atoms with Crippen molar-refractivity contribution in [2.24, 2.45) is 5.73 Å². The number of halogens is 1. The molecule has 0 saturated heterocycles. The molecule has 28 heavy (non-hydrogen) atoms. The molecule has 0 aromatic heterocycles. The molecule has 0 aliphatic rings. The summed E-state index contributed by atoms with van der Waals surface area (Å²) in [5.74, 6) is -0.264. The highest BCUT2D eigenvalue weighted by Gasteiger charge is 2.27. The summed E-state index contributed by atoms with van der Waals surface area (Å²) >= 11 is 0. The lowest BCUT2D eigenvalue weighted by molar-refractivity contribution is 0.0895. The fourth-order valence-electron chi connectivity index (χ4n) is 2.70. The van der Waals surface area contributed by atoms with Crippen LogP contribution in [0.3, 0.4) is 0 Å². The number of hydrogen-bond acceptors (Lipinski definition) is 4. The highest BCUT2D eigenvalue weighted by atomic mass is 35.5. The Kier molecular flexibility index (Phi) is 8.48. The molecule has 6 nitrogen and oxygen atoms in total. The van der Waals surface area contributed by atoms with Crippen molar-refractivity contribution in [2.75, 3.05) is 11.3 Å². The van der Waals surface area contributed by atoms with Crippen molar-refractivity contribution in [2.45, 2.75) is 44.0 Å². The topological polar surface area (TPSA) is 101 Å². The Hall–Kier alpha value is -2.09. The molecule has 2 rings (SSSR count). The predicted molar refractivity (Wildman–Crippen MR) is 116 cm³/mol. The van der Waals surface area contributed by atoms with Gasteiger partial charge in [-0.3, -0.25) is 9.52 Å². The summed E-state index contributed by atoms with van der Waals surface area (Å²) in [6.07, 6.45) is 1.44. The van der Waals surface area contributed by atoms with E-state index in [0.717, 1.165) is 18.4 Å². The summed E-state index contributed by atoms with van der Waals surface area (Å²) in [7, 11) is -3.72. The van der Waals surface area contributed by atoms with Crippen LogP contribution in [-0.2, 0) is 10.0 Å². The normalized spacial score (nSPS) is 11.4. The summed E-state index contributed by atoms with van der Waals surface area (Å²) < 4.78 is 27.5. The Bertz CT molecular complexity index is 870. The molecule has 2 aromatic rings. The van der Waals surface area contributed by atoms with Crippen molar-refractivity contribution in [3.05, 3.63) is 59.7 Å². The molecule has 0 heterocycles. The number of rotatable bonds is 8. The number of anilines is 1. The minimum Gasteiger partial charge on any atom is -0.345 e. The fraction of sp³-hybridized carbons (Fsp3) is 0.350. The van der Waals surface area contributed by atoms with Crippen LogP contribution in [0.15, 0.2) is 53.4 Å². The van der Waals surface area contributed by atoms with Gasteiger partial charge >= 0.3 is 0 Å². The molecule has 0 aliphatic heterocycles. The van der Waals surface area contributed by atoms with Gasteiger partial charge in [0.05, 0.1) is 10.4 Å². The van der Waals surface area contributed by atoms with Gasteiger partial charge in [0.2, 0.25) is 0 Å². The number of carbonyl (C=O) groups excluding carboxylic acids is 1. The quantitative estimate of drug-likeness (QED) is 0.602. The van der Waals surface area contributed by atoms with Gasteiger partial charge in [0.15, 0.2) is 0 Å². The third-order valence-corrected chi connectivity index (χ3v) is 6.25. The average molecular weight is 426 g/mol. The molecule has 1 amide bonds. The molecule has 0 unspecified atom stereocenters. The van der Waals surface area contributed by atoms with E-state index >= 15 is 0 Å². The van der Waals surface area contributed by atoms with E-state index in [-0.39, 0.29) is 23.2 Å². The molecule has 8 heteroatoms. The molecule has 4 N–H and O–H groups in total. The van der Waals surface area contributed by atoms with Crippen LogP contribution in [0.1, 0.15) is 42.6 Å². The molecule has 0 spiro atoms. The summed E-state index contributed by atoms with van der Waals surface area (Å²) in [5, 5.41) is 2.97. The smallest absolute Gasteiger partial charge is 0.261 e. The zero-order chi connectivity index (χ0) is 20.1. The van der Waals surface area contributed by atoms with E-state index in [1.54, 1.807) is 12.1 Å². The van der Waals surface area contributed by atoms with Crippen molar-refractivity contribution >= 4 is 34.0 Å². The molecular formula is C20H28ClN3O3S. The molecular weight excluding hydrogens is 398 g/mol. The standard InChI is InChI=1S/C20H27N3O3S.ClH/c1-4-20(5-2,14-21)22-19(24)16-8-12-18(13-9-16)27(25,26)23-17-10-6-15(3)7-11-17;/h6-13,23H,4-5,14,21H2,1-3H3,(H,22,24);1H. The third kappa shape index (κ3) is 5.70. The van der Waals surface area contributed by atoms with Crippen molar-refractivity contribution in [3.8, 4) is 0 Å². The van der Waals surface area contributed by atoms with Crippen molar-refractivity contribution in [1.29, 1.82) is 0 Å². The first-order valence-electron chi connectivity index (χ1n) is 8.97. The maximum Gasteiger partial charge on any atom is 0.261 e. The summed E-state index contributed by atoms with van der Waals surface area (Å²) in [5.41, 5.74) is 7.29. The Morgan fingerprint density at radius 3 is 2.00 bits per heavy atom. The number of sulfonamides is 1. The molecule has 154 valence electrons. The molecule has 0 fully saturated rings. The highest BCUT2D eigenvalue weighted by molar-refractivity contribution is 7.92. The van der Waals surface area contributed by atoms with E-state index in [2.05, 4.69) is 10.0 Å². The molecule has 0 aliphatic carbocycles. The van der Waals surface area contributed by atoms with E-state index < -0.39 is 15.6 Å². The molecule has 2 aromatic carbocycles. The number of nitrogens with two attached hydrogens (primary N) is 1. The number of nitrogens with one attached hydrogen (secondary N) is 2. The van der Waals surface area contributed by atoms with Crippen LogP contribution < -0.4 is 15.8 Å².